The lowest BCUT2D eigenvalue weighted by molar-refractivity contribution is 0.281. The molecular formula is C13H20FNO. The highest BCUT2D eigenvalue weighted by atomic mass is 19.1. The summed E-state index contributed by atoms with van der Waals surface area (Å²) in [4.78, 5) is 2.19. The fourth-order valence-corrected chi connectivity index (χ4v) is 1.90. The van der Waals surface area contributed by atoms with E-state index in [1.54, 1.807) is 6.07 Å². The largest absolute Gasteiger partial charge is 0.392 e. The zero-order valence-corrected chi connectivity index (χ0v) is 10.2. The highest BCUT2D eigenvalue weighted by Crippen LogP contribution is 2.24. The quantitative estimate of drug-likeness (QED) is 0.832. The number of aliphatic hydroxyl groups excluding tert-OH is 1. The molecule has 0 aromatic heterocycles. The van der Waals surface area contributed by atoms with Gasteiger partial charge in [0.2, 0.25) is 0 Å². The van der Waals surface area contributed by atoms with E-state index in [1.807, 2.05) is 0 Å². The molecule has 0 saturated heterocycles. The van der Waals surface area contributed by atoms with Crippen molar-refractivity contribution < 1.29 is 9.50 Å². The van der Waals surface area contributed by atoms with Gasteiger partial charge in [-0.25, -0.2) is 4.39 Å². The molecule has 0 amide bonds. The average Bonchev–Trinajstić information content (AvgIpc) is 2.31. The highest BCUT2D eigenvalue weighted by Gasteiger charge is 2.14. The fraction of sp³-hybridized carbons (Fsp3) is 0.538. The van der Waals surface area contributed by atoms with E-state index >= 15 is 0 Å². The van der Waals surface area contributed by atoms with Gasteiger partial charge >= 0.3 is 0 Å². The van der Waals surface area contributed by atoms with Gasteiger partial charge in [0.1, 0.15) is 5.82 Å². The first-order valence-electron chi connectivity index (χ1n) is 5.79. The van der Waals surface area contributed by atoms with Crippen molar-refractivity contribution in [3.63, 3.8) is 0 Å². The summed E-state index contributed by atoms with van der Waals surface area (Å²) in [6.07, 6.45) is 1.02. The highest BCUT2D eigenvalue weighted by molar-refractivity contribution is 5.54. The summed E-state index contributed by atoms with van der Waals surface area (Å²) in [6.45, 7) is 7.05. The molecule has 16 heavy (non-hydrogen) atoms. The number of benzene rings is 1. The van der Waals surface area contributed by atoms with Gasteiger partial charge in [0.05, 0.1) is 6.61 Å². The molecular weight excluding hydrogens is 205 g/mol. The molecule has 0 radical (unpaired) electrons. The smallest absolute Gasteiger partial charge is 0.123 e. The monoisotopic (exact) mass is 225 g/mol. The van der Waals surface area contributed by atoms with Crippen LogP contribution in [0, 0.1) is 5.82 Å². The Bertz CT molecular complexity index is 341. The molecule has 1 N–H and O–H groups in total. The van der Waals surface area contributed by atoms with Crippen LogP contribution in [0.5, 0.6) is 0 Å². The number of nitrogens with zero attached hydrogens (tertiary/aromatic N) is 1. The van der Waals surface area contributed by atoms with Crippen LogP contribution in [0.25, 0.3) is 0 Å². The molecule has 1 atom stereocenters. The van der Waals surface area contributed by atoms with Gasteiger partial charge in [-0.15, -0.1) is 0 Å². The normalized spacial score (nSPS) is 12.6. The first-order chi connectivity index (χ1) is 7.63. The van der Waals surface area contributed by atoms with E-state index in [9.17, 15) is 9.50 Å². The SMILES string of the molecule is CCC(C)N(CC)c1ccc(F)cc1CO. The lowest BCUT2D eigenvalue weighted by atomic mass is 10.1. The molecule has 0 aliphatic carbocycles. The maximum Gasteiger partial charge on any atom is 0.123 e. The van der Waals surface area contributed by atoms with E-state index in [-0.39, 0.29) is 12.4 Å². The lowest BCUT2D eigenvalue weighted by Crippen LogP contribution is -2.33. The summed E-state index contributed by atoms with van der Waals surface area (Å²) in [6, 6.07) is 4.98. The molecule has 2 nitrogen and oxygen atoms in total. The molecule has 1 aromatic rings. The Kier molecular flexibility index (Phi) is 4.74. The second-order valence-electron chi connectivity index (χ2n) is 3.97. The molecule has 0 bridgehead atoms. The van der Waals surface area contributed by atoms with Gasteiger partial charge in [-0.3, -0.25) is 0 Å². The molecule has 1 aromatic carbocycles. The van der Waals surface area contributed by atoms with E-state index in [0.29, 0.717) is 11.6 Å². The summed E-state index contributed by atoms with van der Waals surface area (Å²) in [5.74, 6) is -0.298. The van der Waals surface area contributed by atoms with Crippen molar-refractivity contribution in [3.8, 4) is 0 Å². The van der Waals surface area contributed by atoms with Crippen molar-refractivity contribution >= 4 is 5.69 Å². The molecule has 0 spiro atoms. The molecule has 90 valence electrons. The van der Waals surface area contributed by atoms with Gasteiger partial charge in [0.25, 0.3) is 0 Å². The number of aliphatic hydroxyl groups is 1. The summed E-state index contributed by atoms with van der Waals surface area (Å²) in [5, 5.41) is 9.25. The average molecular weight is 225 g/mol. The van der Waals surface area contributed by atoms with Crippen LogP contribution in [0.15, 0.2) is 18.2 Å². The maximum absolute atomic E-state index is 13.1. The van der Waals surface area contributed by atoms with Crippen molar-refractivity contribution in [1.29, 1.82) is 0 Å². The molecule has 0 aliphatic rings. The van der Waals surface area contributed by atoms with Crippen LogP contribution in [0.4, 0.5) is 10.1 Å². The third-order valence-corrected chi connectivity index (χ3v) is 2.98. The topological polar surface area (TPSA) is 23.5 Å². The number of anilines is 1. The minimum Gasteiger partial charge on any atom is -0.392 e. The molecule has 0 saturated carbocycles. The van der Waals surface area contributed by atoms with Crippen molar-refractivity contribution in [2.24, 2.45) is 0 Å². The predicted molar refractivity (Wildman–Crippen MR) is 65.1 cm³/mol. The third-order valence-electron chi connectivity index (χ3n) is 2.98. The molecule has 1 rings (SSSR count). The summed E-state index contributed by atoms with van der Waals surface area (Å²) >= 11 is 0. The zero-order chi connectivity index (χ0) is 12.1. The van der Waals surface area contributed by atoms with Crippen LogP contribution in [-0.2, 0) is 6.61 Å². The van der Waals surface area contributed by atoms with Gasteiger partial charge in [-0.1, -0.05) is 6.92 Å². The van der Waals surface area contributed by atoms with Crippen LogP contribution in [0.2, 0.25) is 0 Å². The molecule has 3 heteroatoms. The van der Waals surface area contributed by atoms with Crippen LogP contribution in [0.3, 0.4) is 0 Å². The van der Waals surface area contributed by atoms with Gasteiger partial charge in [-0.2, -0.15) is 0 Å². The lowest BCUT2D eigenvalue weighted by Gasteiger charge is -2.31. The minimum absolute atomic E-state index is 0.125. The van der Waals surface area contributed by atoms with E-state index in [2.05, 4.69) is 25.7 Å². The standard InChI is InChI=1S/C13H20FNO/c1-4-10(3)15(5-2)13-7-6-12(14)8-11(13)9-16/h6-8,10,16H,4-5,9H2,1-3H3. The van der Waals surface area contributed by atoms with Crippen molar-refractivity contribution in [2.75, 3.05) is 11.4 Å². The molecule has 0 heterocycles. The Morgan fingerprint density at radius 1 is 1.38 bits per heavy atom. The third kappa shape index (κ3) is 2.73. The zero-order valence-electron chi connectivity index (χ0n) is 10.2. The minimum atomic E-state index is -0.298. The number of rotatable bonds is 5. The Balaban J connectivity index is 3.08. The van der Waals surface area contributed by atoms with E-state index in [4.69, 9.17) is 0 Å². The first-order valence-corrected chi connectivity index (χ1v) is 5.79. The van der Waals surface area contributed by atoms with Crippen molar-refractivity contribution in [1.82, 2.24) is 0 Å². The van der Waals surface area contributed by atoms with Crippen LogP contribution in [-0.4, -0.2) is 17.7 Å². The van der Waals surface area contributed by atoms with Gasteiger partial charge in [0, 0.05) is 23.8 Å². The Morgan fingerprint density at radius 2 is 2.06 bits per heavy atom. The molecule has 0 aliphatic heterocycles. The first kappa shape index (κ1) is 13.0. The number of hydrogen-bond acceptors (Lipinski definition) is 2. The van der Waals surface area contributed by atoms with Crippen LogP contribution >= 0.6 is 0 Å². The second-order valence-corrected chi connectivity index (χ2v) is 3.97. The Hall–Kier alpha value is -1.09. The Morgan fingerprint density at radius 3 is 2.56 bits per heavy atom. The maximum atomic E-state index is 13.1. The summed E-state index contributed by atoms with van der Waals surface area (Å²) < 4.78 is 13.1. The van der Waals surface area contributed by atoms with Crippen molar-refractivity contribution in [3.05, 3.63) is 29.6 Å². The van der Waals surface area contributed by atoms with Gasteiger partial charge in [-0.05, 0) is 38.5 Å². The van der Waals surface area contributed by atoms with E-state index < -0.39 is 0 Å². The van der Waals surface area contributed by atoms with Crippen molar-refractivity contribution in [2.45, 2.75) is 39.8 Å². The van der Waals surface area contributed by atoms with Crippen LogP contribution in [0.1, 0.15) is 32.8 Å². The fourth-order valence-electron chi connectivity index (χ4n) is 1.90. The summed E-state index contributed by atoms with van der Waals surface area (Å²) in [5.41, 5.74) is 1.59. The number of halogens is 1. The number of hydrogen-bond donors (Lipinski definition) is 1. The Labute approximate surface area is 96.7 Å². The van der Waals surface area contributed by atoms with E-state index in [0.717, 1.165) is 18.7 Å². The molecule has 1 unspecified atom stereocenters. The van der Waals surface area contributed by atoms with E-state index in [1.165, 1.54) is 12.1 Å². The van der Waals surface area contributed by atoms with Gasteiger partial charge < -0.3 is 10.0 Å². The molecule has 0 fully saturated rings. The van der Waals surface area contributed by atoms with Gasteiger partial charge in [0.15, 0.2) is 0 Å². The summed E-state index contributed by atoms with van der Waals surface area (Å²) in [7, 11) is 0. The second kappa shape index (κ2) is 5.85. The van der Waals surface area contributed by atoms with Crippen LogP contribution < -0.4 is 4.90 Å². The predicted octanol–water partition coefficient (Wildman–Crippen LogP) is 2.94.